The van der Waals surface area contributed by atoms with Crippen molar-refractivity contribution in [2.45, 2.75) is 19.0 Å². The summed E-state index contributed by atoms with van der Waals surface area (Å²) >= 11 is 0. The molecule has 214 valence electrons. The number of benzene rings is 4. The molecule has 2 aliphatic rings. The molecule has 1 atom stereocenters. The Hall–Kier alpha value is -4.46. The fraction of sp³-hybridized carbons (Fsp3) is 0.257. The third kappa shape index (κ3) is 6.70. The molecule has 0 bridgehead atoms. The van der Waals surface area contributed by atoms with Crippen LogP contribution in [-0.2, 0) is 11.2 Å². The zero-order valence-electron chi connectivity index (χ0n) is 24.0. The van der Waals surface area contributed by atoms with Gasteiger partial charge in [-0.15, -0.1) is 0 Å². The van der Waals surface area contributed by atoms with Gasteiger partial charge >= 0.3 is 0 Å². The third-order valence-corrected chi connectivity index (χ3v) is 8.00. The second-order valence-electron chi connectivity index (χ2n) is 11.0. The van der Waals surface area contributed by atoms with Crippen molar-refractivity contribution in [1.82, 2.24) is 9.80 Å². The molecule has 2 aliphatic heterocycles. The molecule has 4 aromatic rings. The van der Waals surface area contributed by atoms with Gasteiger partial charge in [-0.3, -0.25) is 19.6 Å². The van der Waals surface area contributed by atoms with Crippen molar-refractivity contribution in [1.29, 1.82) is 0 Å². The molecule has 0 saturated carbocycles. The summed E-state index contributed by atoms with van der Waals surface area (Å²) in [6.07, 6.45) is 2.40. The van der Waals surface area contributed by atoms with Crippen LogP contribution in [0, 0.1) is 0 Å². The van der Waals surface area contributed by atoms with Crippen molar-refractivity contribution >= 4 is 29.2 Å². The molecular weight excluding hydrogens is 522 g/mol. The van der Waals surface area contributed by atoms with Gasteiger partial charge in [-0.05, 0) is 60.0 Å². The van der Waals surface area contributed by atoms with Crippen LogP contribution in [0.5, 0.6) is 5.75 Å². The molecule has 2 N–H and O–H groups in total. The van der Waals surface area contributed by atoms with Gasteiger partial charge in [-0.2, -0.15) is 0 Å². The average Bonchev–Trinajstić information content (AvgIpc) is 3.02. The Morgan fingerprint density at radius 1 is 0.881 bits per heavy atom. The number of aliphatic imine (C=N–C) groups is 1. The maximum atomic E-state index is 12.5. The van der Waals surface area contributed by atoms with E-state index in [1.165, 1.54) is 0 Å². The van der Waals surface area contributed by atoms with E-state index in [-0.39, 0.29) is 11.6 Å². The number of carbonyl (C=O) groups is 1. The van der Waals surface area contributed by atoms with Crippen LogP contribution in [0.2, 0.25) is 0 Å². The fourth-order valence-corrected chi connectivity index (χ4v) is 5.57. The standard InChI is InChI=1S/C35H37N5O2/c1-35(40-20-18-39(19-21-40)22-23-42-31-10-6-3-7-11-31)26-36-32-17-14-29(25-33(32)38-35)28-12-15-30(16-13-28)37-34(41)24-27-8-4-2-5-9-27/h2-17,25-26,38H,18-24H2,1H3,(H,37,41). The predicted octanol–water partition coefficient (Wildman–Crippen LogP) is 6.08. The first kappa shape index (κ1) is 27.7. The minimum Gasteiger partial charge on any atom is -0.492 e. The summed E-state index contributed by atoms with van der Waals surface area (Å²) in [6.45, 7) is 7.70. The minimum absolute atomic E-state index is 0.0228. The van der Waals surface area contributed by atoms with Crippen LogP contribution in [0.3, 0.4) is 0 Å². The van der Waals surface area contributed by atoms with Gasteiger partial charge in [0.25, 0.3) is 0 Å². The van der Waals surface area contributed by atoms with E-state index in [4.69, 9.17) is 9.73 Å². The van der Waals surface area contributed by atoms with E-state index in [1.807, 2.05) is 91.1 Å². The van der Waals surface area contributed by atoms with Crippen molar-refractivity contribution in [2.75, 3.05) is 50.0 Å². The monoisotopic (exact) mass is 559 g/mol. The number of anilines is 2. The van der Waals surface area contributed by atoms with Gasteiger partial charge in [-0.1, -0.05) is 66.7 Å². The Kier molecular flexibility index (Phi) is 8.30. The predicted molar refractivity (Wildman–Crippen MR) is 171 cm³/mol. The summed E-state index contributed by atoms with van der Waals surface area (Å²) in [5.41, 5.74) is 5.59. The third-order valence-electron chi connectivity index (χ3n) is 8.00. The Morgan fingerprint density at radius 2 is 1.57 bits per heavy atom. The first-order chi connectivity index (χ1) is 20.5. The van der Waals surface area contributed by atoms with Crippen molar-refractivity contribution in [2.24, 2.45) is 4.99 Å². The van der Waals surface area contributed by atoms with Crippen molar-refractivity contribution in [3.05, 3.63) is 109 Å². The molecule has 1 unspecified atom stereocenters. The van der Waals surface area contributed by atoms with Gasteiger partial charge in [0.2, 0.25) is 5.91 Å². The highest BCUT2D eigenvalue weighted by Crippen LogP contribution is 2.36. The fourth-order valence-electron chi connectivity index (χ4n) is 5.57. The van der Waals surface area contributed by atoms with Crippen LogP contribution in [0.25, 0.3) is 11.1 Å². The van der Waals surface area contributed by atoms with E-state index in [9.17, 15) is 4.79 Å². The van der Waals surface area contributed by atoms with Crippen molar-refractivity contribution in [3.63, 3.8) is 0 Å². The van der Waals surface area contributed by atoms with E-state index < -0.39 is 0 Å². The average molecular weight is 560 g/mol. The molecule has 7 nitrogen and oxygen atoms in total. The smallest absolute Gasteiger partial charge is 0.228 e. The molecule has 4 aromatic carbocycles. The molecule has 0 aliphatic carbocycles. The van der Waals surface area contributed by atoms with Crippen LogP contribution in [0.1, 0.15) is 12.5 Å². The molecule has 7 heteroatoms. The number of hydrogen-bond donors (Lipinski definition) is 2. The van der Waals surface area contributed by atoms with Crippen LogP contribution in [0.4, 0.5) is 17.1 Å². The number of nitrogens with one attached hydrogen (secondary N) is 2. The first-order valence-electron chi connectivity index (χ1n) is 14.6. The maximum Gasteiger partial charge on any atom is 0.228 e. The van der Waals surface area contributed by atoms with Gasteiger partial charge in [0.05, 0.1) is 17.8 Å². The molecular formula is C35H37N5O2. The molecule has 1 fully saturated rings. The van der Waals surface area contributed by atoms with E-state index in [2.05, 4.69) is 45.6 Å². The maximum absolute atomic E-state index is 12.5. The van der Waals surface area contributed by atoms with Crippen LogP contribution < -0.4 is 15.4 Å². The lowest BCUT2D eigenvalue weighted by atomic mass is 10.0. The summed E-state index contributed by atoms with van der Waals surface area (Å²) in [7, 11) is 0. The lowest BCUT2D eigenvalue weighted by molar-refractivity contribution is -0.115. The van der Waals surface area contributed by atoms with E-state index in [1.54, 1.807) is 0 Å². The summed E-state index contributed by atoms with van der Waals surface area (Å²) in [5, 5.41) is 6.77. The molecule has 0 radical (unpaired) electrons. The Morgan fingerprint density at radius 3 is 2.31 bits per heavy atom. The van der Waals surface area contributed by atoms with E-state index >= 15 is 0 Å². The molecule has 2 heterocycles. The van der Waals surface area contributed by atoms with Crippen LogP contribution >= 0.6 is 0 Å². The van der Waals surface area contributed by atoms with Crippen molar-refractivity contribution in [3.8, 4) is 16.9 Å². The van der Waals surface area contributed by atoms with Gasteiger partial charge in [-0.25, -0.2) is 0 Å². The summed E-state index contributed by atoms with van der Waals surface area (Å²) < 4.78 is 5.90. The number of amides is 1. The number of nitrogens with zero attached hydrogens (tertiary/aromatic N) is 3. The Balaban J connectivity index is 1.04. The first-order valence-corrected chi connectivity index (χ1v) is 14.6. The highest BCUT2D eigenvalue weighted by Gasteiger charge is 2.35. The van der Waals surface area contributed by atoms with Gasteiger partial charge < -0.3 is 15.4 Å². The summed E-state index contributed by atoms with van der Waals surface area (Å²) in [4.78, 5) is 22.2. The Labute approximate surface area is 247 Å². The normalized spacial score (nSPS) is 18.6. The quantitative estimate of drug-likeness (QED) is 0.260. The molecule has 6 rings (SSSR count). The highest BCUT2D eigenvalue weighted by atomic mass is 16.5. The van der Waals surface area contributed by atoms with Gasteiger partial charge in [0.15, 0.2) is 0 Å². The number of carbonyl (C=O) groups excluding carboxylic acids is 1. The lowest BCUT2D eigenvalue weighted by Gasteiger charge is -2.46. The second-order valence-corrected chi connectivity index (χ2v) is 11.0. The van der Waals surface area contributed by atoms with E-state index in [0.717, 1.165) is 72.2 Å². The molecule has 0 aromatic heterocycles. The van der Waals surface area contributed by atoms with Crippen molar-refractivity contribution < 1.29 is 9.53 Å². The second kappa shape index (κ2) is 12.6. The lowest BCUT2D eigenvalue weighted by Crippen LogP contribution is -2.61. The van der Waals surface area contributed by atoms with Gasteiger partial charge in [0.1, 0.15) is 18.0 Å². The number of hydrogen-bond acceptors (Lipinski definition) is 6. The Bertz CT molecular complexity index is 1520. The molecule has 0 spiro atoms. The molecule has 42 heavy (non-hydrogen) atoms. The SMILES string of the molecule is CC1(N2CCN(CCOc3ccccc3)CC2)C=Nc2ccc(-c3ccc(NC(=O)Cc4ccccc4)cc3)cc2N1. The topological polar surface area (TPSA) is 69.2 Å². The number of fused-ring (bicyclic) bond motifs is 1. The zero-order chi connectivity index (χ0) is 28.8. The largest absolute Gasteiger partial charge is 0.492 e. The minimum atomic E-state index is -0.356. The summed E-state index contributed by atoms with van der Waals surface area (Å²) in [6, 6.07) is 34.1. The molecule has 1 amide bonds. The highest BCUT2D eigenvalue weighted by molar-refractivity contribution is 5.93. The van der Waals surface area contributed by atoms with Crippen LogP contribution in [-0.4, -0.2) is 66.9 Å². The van der Waals surface area contributed by atoms with Gasteiger partial charge in [0, 0.05) is 44.6 Å². The number of rotatable bonds is 9. The zero-order valence-corrected chi connectivity index (χ0v) is 24.0. The number of ether oxygens (including phenoxy) is 1. The van der Waals surface area contributed by atoms with E-state index in [0.29, 0.717) is 13.0 Å². The van der Waals surface area contributed by atoms with Crippen LogP contribution in [0.15, 0.2) is 108 Å². The number of piperazine rings is 1. The summed E-state index contributed by atoms with van der Waals surface area (Å²) in [5.74, 6) is 0.899. The molecule has 1 saturated heterocycles. The number of para-hydroxylation sites is 1.